The number of aryl methyl sites for hydroxylation is 1. The molecule has 0 radical (unpaired) electrons. The van der Waals surface area contributed by atoms with Gasteiger partial charge in [0, 0.05) is 18.3 Å². The van der Waals surface area contributed by atoms with Gasteiger partial charge in [-0.1, -0.05) is 26.2 Å². The summed E-state index contributed by atoms with van der Waals surface area (Å²) >= 11 is 0. The van der Waals surface area contributed by atoms with Crippen LogP contribution in [-0.2, 0) is 0 Å². The van der Waals surface area contributed by atoms with E-state index in [1.165, 1.54) is 32.1 Å². The molecule has 1 aliphatic rings. The van der Waals surface area contributed by atoms with Crippen molar-refractivity contribution in [3.8, 4) is 0 Å². The van der Waals surface area contributed by atoms with Crippen LogP contribution in [0.4, 0.5) is 5.95 Å². The number of hydrogen-bond acceptors (Lipinski definition) is 2. The monoisotopic (exact) mass is 235 g/mol. The summed E-state index contributed by atoms with van der Waals surface area (Å²) in [5.74, 6) is 1.07. The fourth-order valence-corrected chi connectivity index (χ4v) is 2.58. The second kappa shape index (κ2) is 5.56. The van der Waals surface area contributed by atoms with Crippen molar-refractivity contribution in [3.63, 3.8) is 0 Å². The first-order valence-electron chi connectivity index (χ1n) is 7.02. The third-order valence-corrected chi connectivity index (χ3v) is 3.81. The molecule has 1 fully saturated rings. The molecule has 1 aliphatic carbocycles. The molecule has 0 aliphatic heterocycles. The number of nitrogens with zero attached hydrogens (tertiary/aromatic N) is 2. The van der Waals surface area contributed by atoms with Gasteiger partial charge in [-0.3, -0.25) is 0 Å². The van der Waals surface area contributed by atoms with Crippen molar-refractivity contribution in [2.24, 2.45) is 0 Å². The maximum absolute atomic E-state index is 4.63. The van der Waals surface area contributed by atoms with Crippen molar-refractivity contribution in [1.82, 2.24) is 9.55 Å². The van der Waals surface area contributed by atoms with Crippen molar-refractivity contribution in [3.05, 3.63) is 11.9 Å². The Balaban J connectivity index is 2.14. The Morgan fingerprint density at radius 2 is 2.12 bits per heavy atom. The lowest BCUT2D eigenvalue weighted by Gasteiger charge is -2.25. The van der Waals surface area contributed by atoms with Gasteiger partial charge >= 0.3 is 0 Å². The van der Waals surface area contributed by atoms with Gasteiger partial charge in [-0.2, -0.15) is 0 Å². The van der Waals surface area contributed by atoms with E-state index in [0.717, 1.165) is 18.1 Å². The Bertz CT molecular complexity index is 350. The molecule has 2 rings (SSSR count). The molecular formula is C14H25N3. The van der Waals surface area contributed by atoms with Crippen molar-refractivity contribution in [2.75, 3.05) is 5.32 Å². The summed E-state index contributed by atoms with van der Waals surface area (Å²) < 4.78 is 2.38. The molecule has 1 unspecified atom stereocenters. The van der Waals surface area contributed by atoms with Gasteiger partial charge in [0.15, 0.2) is 0 Å². The average Bonchev–Trinajstić information content (AvgIpc) is 2.71. The van der Waals surface area contributed by atoms with E-state index in [1.807, 2.05) is 0 Å². The van der Waals surface area contributed by atoms with Crippen LogP contribution in [0.2, 0.25) is 0 Å². The van der Waals surface area contributed by atoms with E-state index in [-0.39, 0.29) is 0 Å². The van der Waals surface area contributed by atoms with E-state index in [2.05, 4.69) is 41.8 Å². The van der Waals surface area contributed by atoms with E-state index >= 15 is 0 Å². The van der Waals surface area contributed by atoms with Crippen LogP contribution in [0.15, 0.2) is 6.20 Å². The fraction of sp³-hybridized carbons (Fsp3) is 0.786. The minimum Gasteiger partial charge on any atom is -0.353 e. The zero-order valence-corrected chi connectivity index (χ0v) is 11.4. The normalized spacial score (nSPS) is 19.2. The Kier molecular flexibility index (Phi) is 4.08. The zero-order valence-electron chi connectivity index (χ0n) is 11.4. The highest BCUT2D eigenvalue weighted by Gasteiger charge is 2.19. The Labute approximate surface area is 105 Å². The molecule has 0 amide bonds. The van der Waals surface area contributed by atoms with E-state index in [1.54, 1.807) is 0 Å². The molecule has 1 atom stereocenters. The molecule has 17 heavy (non-hydrogen) atoms. The summed E-state index contributed by atoms with van der Waals surface area (Å²) in [6.45, 7) is 6.51. The lowest BCUT2D eigenvalue weighted by Crippen LogP contribution is -2.20. The summed E-state index contributed by atoms with van der Waals surface area (Å²) in [4.78, 5) is 4.63. The summed E-state index contributed by atoms with van der Waals surface area (Å²) in [5.41, 5.74) is 1.13. The number of anilines is 1. The first kappa shape index (κ1) is 12.5. The second-order valence-corrected chi connectivity index (χ2v) is 5.36. The molecule has 0 saturated heterocycles. The smallest absolute Gasteiger partial charge is 0.203 e. The van der Waals surface area contributed by atoms with Gasteiger partial charge in [-0.25, -0.2) is 4.98 Å². The fourth-order valence-electron chi connectivity index (χ4n) is 2.58. The number of nitrogens with one attached hydrogen (secondary N) is 1. The van der Waals surface area contributed by atoms with Gasteiger partial charge in [-0.05, 0) is 33.1 Å². The SMILES string of the molecule is CCC(C)Nc1nc(C)cn1C1CCCCC1. The highest BCUT2D eigenvalue weighted by molar-refractivity contribution is 5.30. The van der Waals surface area contributed by atoms with Gasteiger partial charge in [0.25, 0.3) is 0 Å². The predicted molar refractivity (Wildman–Crippen MR) is 72.5 cm³/mol. The largest absolute Gasteiger partial charge is 0.353 e. The van der Waals surface area contributed by atoms with E-state index in [0.29, 0.717) is 12.1 Å². The second-order valence-electron chi connectivity index (χ2n) is 5.36. The summed E-state index contributed by atoms with van der Waals surface area (Å²) in [5, 5.41) is 3.53. The summed E-state index contributed by atoms with van der Waals surface area (Å²) in [6, 6.07) is 1.16. The third kappa shape index (κ3) is 3.02. The Hall–Kier alpha value is -0.990. The van der Waals surface area contributed by atoms with Crippen LogP contribution >= 0.6 is 0 Å². The van der Waals surface area contributed by atoms with Crippen LogP contribution in [0.3, 0.4) is 0 Å². The van der Waals surface area contributed by atoms with Gasteiger partial charge in [0.2, 0.25) is 5.95 Å². The molecular weight excluding hydrogens is 210 g/mol. The van der Waals surface area contributed by atoms with E-state index in [9.17, 15) is 0 Å². The van der Waals surface area contributed by atoms with Crippen LogP contribution in [0, 0.1) is 6.92 Å². The van der Waals surface area contributed by atoms with Crippen molar-refractivity contribution >= 4 is 5.95 Å². The molecule has 1 N–H and O–H groups in total. The molecule has 1 aromatic heterocycles. The molecule has 0 spiro atoms. The molecule has 0 bridgehead atoms. The quantitative estimate of drug-likeness (QED) is 0.857. The molecule has 96 valence electrons. The molecule has 1 heterocycles. The Morgan fingerprint density at radius 3 is 2.76 bits per heavy atom. The summed E-state index contributed by atoms with van der Waals surface area (Å²) in [7, 11) is 0. The number of hydrogen-bond donors (Lipinski definition) is 1. The van der Waals surface area contributed by atoms with E-state index < -0.39 is 0 Å². The molecule has 3 heteroatoms. The summed E-state index contributed by atoms with van der Waals surface area (Å²) in [6.07, 6.45) is 10.1. The number of aromatic nitrogens is 2. The molecule has 1 saturated carbocycles. The van der Waals surface area contributed by atoms with Crippen LogP contribution in [-0.4, -0.2) is 15.6 Å². The predicted octanol–water partition coefficient (Wildman–Crippen LogP) is 3.91. The average molecular weight is 235 g/mol. The van der Waals surface area contributed by atoms with Crippen molar-refractivity contribution < 1.29 is 0 Å². The minimum atomic E-state index is 0.499. The maximum atomic E-state index is 4.63. The molecule has 3 nitrogen and oxygen atoms in total. The topological polar surface area (TPSA) is 29.9 Å². The first-order chi connectivity index (χ1) is 8.20. The zero-order chi connectivity index (χ0) is 12.3. The lowest BCUT2D eigenvalue weighted by molar-refractivity contribution is 0.355. The van der Waals surface area contributed by atoms with Gasteiger partial charge in [0.1, 0.15) is 0 Å². The van der Waals surface area contributed by atoms with E-state index in [4.69, 9.17) is 0 Å². The molecule has 0 aromatic carbocycles. The van der Waals surface area contributed by atoms with Gasteiger partial charge in [-0.15, -0.1) is 0 Å². The highest BCUT2D eigenvalue weighted by Crippen LogP contribution is 2.30. The number of imidazole rings is 1. The van der Waals surface area contributed by atoms with Crippen LogP contribution in [0.1, 0.15) is 64.1 Å². The standard InChI is InChI=1S/C14H25N3/c1-4-11(2)15-14-16-12(3)10-17(14)13-8-6-5-7-9-13/h10-11,13H,4-9H2,1-3H3,(H,15,16). The minimum absolute atomic E-state index is 0.499. The lowest BCUT2D eigenvalue weighted by atomic mass is 9.95. The molecule has 1 aromatic rings. The highest BCUT2D eigenvalue weighted by atomic mass is 15.2. The van der Waals surface area contributed by atoms with Crippen LogP contribution in [0.25, 0.3) is 0 Å². The van der Waals surface area contributed by atoms with Crippen molar-refractivity contribution in [2.45, 2.75) is 71.4 Å². The third-order valence-electron chi connectivity index (χ3n) is 3.81. The van der Waals surface area contributed by atoms with Gasteiger partial charge < -0.3 is 9.88 Å². The van der Waals surface area contributed by atoms with Crippen LogP contribution < -0.4 is 5.32 Å². The maximum Gasteiger partial charge on any atom is 0.203 e. The van der Waals surface area contributed by atoms with Crippen LogP contribution in [0.5, 0.6) is 0 Å². The Morgan fingerprint density at radius 1 is 1.41 bits per heavy atom. The number of rotatable bonds is 4. The van der Waals surface area contributed by atoms with Gasteiger partial charge in [0.05, 0.1) is 5.69 Å². The first-order valence-corrected chi connectivity index (χ1v) is 7.02. The van der Waals surface area contributed by atoms with Crippen molar-refractivity contribution in [1.29, 1.82) is 0 Å².